The number of carbonyl (C=O) groups excluding carboxylic acids is 1. The van der Waals surface area contributed by atoms with E-state index in [9.17, 15) is 13.6 Å². The number of halogens is 2. The summed E-state index contributed by atoms with van der Waals surface area (Å²) in [6.45, 7) is 1.58. The molecular formula is C16H15F2N3O2S. The van der Waals surface area contributed by atoms with Gasteiger partial charge in [0.15, 0.2) is 16.8 Å². The van der Waals surface area contributed by atoms with Crippen molar-refractivity contribution in [2.75, 3.05) is 30.9 Å². The van der Waals surface area contributed by atoms with Crippen LogP contribution in [0.5, 0.6) is 0 Å². The maximum atomic E-state index is 14.4. The minimum absolute atomic E-state index is 0.0000784. The molecule has 2 aliphatic rings. The van der Waals surface area contributed by atoms with Gasteiger partial charge in [-0.15, -0.1) is 0 Å². The van der Waals surface area contributed by atoms with Crippen LogP contribution in [-0.4, -0.2) is 47.8 Å². The molecule has 0 N–H and O–H groups in total. The van der Waals surface area contributed by atoms with Crippen molar-refractivity contribution in [2.45, 2.75) is 24.0 Å². The number of anilines is 1. The fraction of sp³-hybridized carbons (Fsp3) is 0.438. The Balaban J connectivity index is 2.09. The summed E-state index contributed by atoms with van der Waals surface area (Å²) in [5, 5.41) is 0.576. The SMILES string of the molecule is CSc1nc2c3c(c(F)cc(F)c3n1)C(=O)C[C@H]1COCCCN21. The van der Waals surface area contributed by atoms with Crippen LogP contribution in [0.2, 0.25) is 0 Å². The van der Waals surface area contributed by atoms with Crippen LogP contribution >= 0.6 is 11.8 Å². The third kappa shape index (κ3) is 2.36. The smallest absolute Gasteiger partial charge is 0.189 e. The van der Waals surface area contributed by atoms with Crippen molar-refractivity contribution in [3.8, 4) is 0 Å². The summed E-state index contributed by atoms with van der Waals surface area (Å²) in [4.78, 5) is 23.3. The summed E-state index contributed by atoms with van der Waals surface area (Å²) < 4.78 is 34.3. The van der Waals surface area contributed by atoms with E-state index in [0.717, 1.165) is 12.5 Å². The van der Waals surface area contributed by atoms with Gasteiger partial charge in [-0.25, -0.2) is 18.7 Å². The minimum Gasteiger partial charge on any atom is -0.379 e. The lowest BCUT2D eigenvalue weighted by Crippen LogP contribution is -2.38. The van der Waals surface area contributed by atoms with Gasteiger partial charge >= 0.3 is 0 Å². The Hall–Kier alpha value is -1.80. The molecule has 2 aliphatic heterocycles. The van der Waals surface area contributed by atoms with Gasteiger partial charge in [-0.3, -0.25) is 4.79 Å². The van der Waals surface area contributed by atoms with Gasteiger partial charge in [0.2, 0.25) is 0 Å². The average molecular weight is 351 g/mol. The second-order valence-electron chi connectivity index (χ2n) is 5.88. The van der Waals surface area contributed by atoms with Crippen LogP contribution in [0.1, 0.15) is 23.2 Å². The van der Waals surface area contributed by atoms with Gasteiger partial charge in [-0.05, 0) is 12.7 Å². The van der Waals surface area contributed by atoms with Crippen molar-refractivity contribution in [1.82, 2.24) is 9.97 Å². The second-order valence-corrected chi connectivity index (χ2v) is 6.65. The number of hydrogen-bond acceptors (Lipinski definition) is 6. The lowest BCUT2D eigenvalue weighted by Gasteiger charge is -2.29. The molecule has 0 spiro atoms. The second kappa shape index (κ2) is 5.93. The number of nitrogens with zero attached hydrogens (tertiary/aromatic N) is 3. The first-order valence-corrected chi connectivity index (χ1v) is 8.94. The van der Waals surface area contributed by atoms with Crippen LogP contribution in [0.3, 0.4) is 0 Å². The van der Waals surface area contributed by atoms with Crippen molar-refractivity contribution in [3.63, 3.8) is 0 Å². The molecule has 5 nitrogen and oxygen atoms in total. The van der Waals surface area contributed by atoms with Crippen molar-refractivity contribution >= 4 is 34.3 Å². The topological polar surface area (TPSA) is 55.3 Å². The van der Waals surface area contributed by atoms with Crippen LogP contribution in [0.25, 0.3) is 10.9 Å². The number of carbonyl (C=O) groups is 1. The van der Waals surface area contributed by atoms with Crippen molar-refractivity contribution < 1.29 is 18.3 Å². The number of aromatic nitrogens is 2. The molecule has 1 saturated heterocycles. The number of fused-ring (bicyclic) bond motifs is 2. The Morgan fingerprint density at radius 2 is 2.17 bits per heavy atom. The summed E-state index contributed by atoms with van der Waals surface area (Å²) in [6, 6.07) is 0.506. The van der Waals surface area contributed by atoms with E-state index in [1.807, 2.05) is 4.90 Å². The Morgan fingerprint density at radius 3 is 2.96 bits per heavy atom. The Labute approximate surface area is 141 Å². The lowest BCUT2D eigenvalue weighted by molar-refractivity contribution is 0.0929. The van der Waals surface area contributed by atoms with Gasteiger partial charge in [0, 0.05) is 25.6 Å². The minimum atomic E-state index is -0.856. The first-order valence-electron chi connectivity index (χ1n) is 7.71. The van der Waals surface area contributed by atoms with Crippen molar-refractivity contribution in [2.24, 2.45) is 0 Å². The summed E-state index contributed by atoms with van der Waals surface area (Å²) >= 11 is 1.28. The highest BCUT2D eigenvalue weighted by molar-refractivity contribution is 7.98. The summed E-state index contributed by atoms with van der Waals surface area (Å²) in [5.41, 5.74) is -0.109. The quantitative estimate of drug-likeness (QED) is 0.582. The van der Waals surface area contributed by atoms with E-state index in [2.05, 4.69) is 9.97 Å². The van der Waals surface area contributed by atoms with Crippen molar-refractivity contribution in [3.05, 3.63) is 23.3 Å². The van der Waals surface area contributed by atoms with E-state index in [1.54, 1.807) is 6.26 Å². The zero-order valence-electron chi connectivity index (χ0n) is 13.0. The third-order valence-corrected chi connectivity index (χ3v) is 4.98. The highest BCUT2D eigenvalue weighted by Crippen LogP contribution is 2.37. The van der Waals surface area contributed by atoms with Crippen LogP contribution < -0.4 is 4.90 Å². The number of hydrogen-bond donors (Lipinski definition) is 0. The van der Waals surface area contributed by atoms with Crippen LogP contribution in [0, 0.1) is 11.6 Å². The van der Waals surface area contributed by atoms with E-state index in [0.29, 0.717) is 30.7 Å². The molecule has 8 heteroatoms. The molecule has 0 saturated carbocycles. The molecule has 1 aromatic heterocycles. The largest absolute Gasteiger partial charge is 0.379 e. The van der Waals surface area contributed by atoms with E-state index in [1.165, 1.54) is 11.8 Å². The normalized spacial score (nSPS) is 20.7. The summed E-state index contributed by atoms with van der Waals surface area (Å²) in [6.07, 6.45) is 2.67. The summed E-state index contributed by atoms with van der Waals surface area (Å²) in [7, 11) is 0. The fourth-order valence-corrected chi connectivity index (χ4v) is 3.73. The number of rotatable bonds is 1. The van der Waals surface area contributed by atoms with Gasteiger partial charge in [-0.2, -0.15) is 0 Å². The Bertz CT molecular complexity index is 846. The standard InChI is InChI=1S/C16H15F2N3O2S/c1-24-16-19-14-10(18)6-9(17)12-11(22)5-8-7-23-4-2-3-21(8)15(20-16)13(12)14/h6,8H,2-5,7H2,1H3/t8-/m0/s1. The first kappa shape index (κ1) is 15.7. The fourth-order valence-electron chi connectivity index (χ4n) is 3.37. The molecule has 126 valence electrons. The molecule has 3 heterocycles. The molecule has 4 rings (SSSR count). The zero-order chi connectivity index (χ0) is 16.8. The average Bonchev–Trinajstić information content (AvgIpc) is 2.84. The van der Waals surface area contributed by atoms with Crippen LogP contribution in [0.4, 0.5) is 14.6 Å². The zero-order valence-corrected chi connectivity index (χ0v) is 13.8. The third-order valence-electron chi connectivity index (χ3n) is 4.43. The number of thioether (sulfide) groups is 1. The van der Waals surface area contributed by atoms with E-state index >= 15 is 0 Å². The number of ketones is 1. The van der Waals surface area contributed by atoms with Gasteiger partial charge in [0.05, 0.1) is 23.6 Å². The Morgan fingerprint density at radius 1 is 1.33 bits per heavy atom. The first-order chi connectivity index (χ1) is 11.6. The van der Waals surface area contributed by atoms with Gasteiger partial charge in [-0.1, -0.05) is 11.8 Å². The van der Waals surface area contributed by atoms with Crippen molar-refractivity contribution in [1.29, 1.82) is 0 Å². The highest BCUT2D eigenvalue weighted by atomic mass is 32.2. The van der Waals surface area contributed by atoms with Gasteiger partial charge in [0.1, 0.15) is 17.2 Å². The summed E-state index contributed by atoms with van der Waals surface area (Å²) in [5.74, 6) is -1.57. The number of Topliss-reactive ketones (excluding diaryl/α,β-unsaturated/α-hetero) is 1. The molecule has 0 amide bonds. The van der Waals surface area contributed by atoms with Gasteiger partial charge < -0.3 is 9.64 Å². The lowest BCUT2D eigenvalue weighted by atomic mass is 10.0. The Kier molecular flexibility index (Phi) is 3.88. The molecule has 0 unspecified atom stereocenters. The predicted octanol–water partition coefficient (Wildman–Crippen LogP) is 2.81. The van der Waals surface area contributed by atoms with Crippen LogP contribution in [-0.2, 0) is 4.74 Å². The predicted molar refractivity (Wildman–Crippen MR) is 86.8 cm³/mol. The van der Waals surface area contributed by atoms with Crippen LogP contribution in [0.15, 0.2) is 11.2 Å². The molecule has 2 aromatic rings. The molecule has 1 aromatic carbocycles. The van der Waals surface area contributed by atoms with E-state index in [4.69, 9.17) is 4.74 Å². The van der Waals surface area contributed by atoms with E-state index < -0.39 is 11.6 Å². The maximum absolute atomic E-state index is 14.4. The van der Waals surface area contributed by atoms with E-state index in [-0.39, 0.29) is 34.7 Å². The molecule has 1 atom stereocenters. The number of benzene rings is 1. The monoisotopic (exact) mass is 351 g/mol. The molecule has 0 bridgehead atoms. The molecular weight excluding hydrogens is 336 g/mol. The molecule has 24 heavy (non-hydrogen) atoms. The molecule has 0 aliphatic carbocycles. The molecule has 1 fully saturated rings. The maximum Gasteiger partial charge on any atom is 0.189 e. The number of ether oxygens (including phenoxy) is 1. The molecule has 0 radical (unpaired) electrons. The van der Waals surface area contributed by atoms with Gasteiger partial charge in [0.25, 0.3) is 0 Å². The highest BCUT2D eigenvalue weighted by Gasteiger charge is 2.35.